The Labute approximate surface area is 137 Å². The average Bonchev–Trinajstić information content (AvgIpc) is 3.02. The van der Waals surface area contributed by atoms with Crippen molar-refractivity contribution in [1.82, 2.24) is 19.2 Å². The molecule has 1 unspecified atom stereocenters. The lowest BCUT2D eigenvalue weighted by Crippen LogP contribution is -2.19. The van der Waals surface area contributed by atoms with E-state index in [0.717, 1.165) is 15.6 Å². The maximum Gasteiger partial charge on any atom is 0.435 e. The first-order valence-corrected chi connectivity index (χ1v) is 7.79. The molecule has 0 fully saturated rings. The molecule has 6 nitrogen and oxygen atoms in total. The van der Waals surface area contributed by atoms with Crippen LogP contribution in [-0.4, -0.2) is 24.3 Å². The molecule has 0 aromatic carbocycles. The predicted molar refractivity (Wildman–Crippen MR) is 81.0 cm³/mol. The van der Waals surface area contributed by atoms with Gasteiger partial charge in [0.2, 0.25) is 0 Å². The van der Waals surface area contributed by atoms with Crippen molar-refractivity contribution in [2.75, 3.05) is 0 Å². The highest BCUT2D eigenvalue weighted by Crippen LogP contribution is 2.27. The Balaban J connectivity index is 2.00. The molecule has 24 heavy (non-hydrogen) atoms. The van der Waals surface area contributed by atoms with Crippen molar-refractivity contribution in [3.05, 3.63) is 50.6 Å². The summed E-state index contributed by atoms with van der Waals surface area (Å²) in [5.74, 6) is 0. The number of hydrogen-bond acceptors (Lipinski definition) is 5. The Hall–Kier alpha value is -2.20. The number of rotatable bonds is 3. The molecule has 0 saturated carbocycles. The Bertz CT molecular complexity index is 955. The number of aromatic nitrogens is 4. The lowest BCUT2D eigenvalue weighted by molar-refractivity contribution is -0.141. The number of aliphatic hydroxyl groups excluding tert-OH is 1. The minimum atomic E-state index is -4.51. The smallest absolute Gasteiger partial charge is 0.387 e. The standard InChI is InChI=1S/C14H13F3N4O2S/c1-7(22)12-8(2)24-13-18-9(5-11(23)21(12)13)6-20-4-3-10(19-20)14(15,16)17/h3-5,7,22H,6H2,1-2H3. The van der Waals surface area contributed by atoms with Gasteiger partial charge in [-0.1, -0.05) is 0 Å². The summed E-state index contributed by atoms with van der Waals surface area (Å²) in [6.07, 6.45) is -4.16. The summed E-state index contributed by atoms with van der Waals surface area (Å²) in [5.41, 5.74) is -0.616. The zero-order valence-electron chi connectivity index (χ0n) is 12.7. The highest BCUT2D eigenvalue weighted by Gasteiger charge is 2.33. The topological polar surface area (TPSA) is 72.4 Å². The molecule has 3 aromatic heterocycles. The first-order chi connectivity index (χ1) is 11.2. The molecule has 0 aliphatic carbocycles. The second-order valence-corrected chi connectivity index (χ2v) is 6.50. The molecular weight excluding hydrogens is 345 g/mol. The zero-order valence-corrected chi connectivity index (χ0v) is 13.5. The highest BCUT2D eigenvalue weighted by atomic mass is 32.1. The molecule has 0 aliphatic rings. The number of halogens is 3. The van der Waals surface area contributed by atoms with E-state index >= 15 is 0 Å². The van der Waals surface area contributed by atoms with Gasteiger partial charge in [-0.2, -0.15) is 18.3 Å². The molecule has 128 valence electrons. The van der Waals surface area contributed by atoms with Gasteiger partial charge in [-0.3, -0.25) is 13.9 Å². The molecule has 3 rings (SSSR count). The van der Waals surface area contributed by atoms with E-state index in [4.69, 9.17) is 0 Å². The van der Waals surface area contributed by atoms with Crippen LogP contribution in [0.3, 0.4) is 0 Å². The van der Waals surface area contributed by atoms with E-state index < -0.39 is 23.5 Å². The Morgan fingerprint density at radius 2 is 2.12 bits per heavy atom. The van der Waals surface area contributed by atoms with E-state index in [2.05, 4.69) is 10.1 Å². The van der Waals surface area contributed by atoms with E-state index in [1.165, 1.54) is 28.0 Å². The molecule has 0 amide bonds. The number of thiazole rings is 1. The van der Waals surface area contributed by atoms with Crippen molar-refractivity contribution in [3.63, 3.8) is 0 Å². The summed E-state index contributed by atoms with van der Waals surface area (Å²) in [5, 5.41) is 13.2. The maximum atomic E-state index is 12.6. The van der Waals surface area contributed by atoms with Crippen LogP contribution in [0.4, 0.5) is 13.2 Å². The van der Waals surface area contributed by atoms with Crippen molar-refractivity contribution in [2.24, 2.45) is 0 Å². The van der Waals surface area contributed by atoms with Crippen molar-refractivity contribution in [2.45, 2.75) is 32.7 Å². The lowest BCUT2D eigenvalue weighted by atomic mass is 10.2. The molecule has 3 heterocycles. The van der Waals surface area contributed by atoms with Gasteiger partial charge in [0.15, 0.2) is 10.7 Å². The first-order valence-electron chi connectivity index (χ1n) is 6.97. The summed E-state index contributed by atoms with van der Waals surface area (Å²) in [7, 11) is 0. The van der Waals surface area contributed by atoms with Gasteiger partial charge in [-0.05, 0) is 19.9 Å². The second kappa shape index (κ2) is 5.71. The van der Waals surface area contributed by atoms with Crippen molar-refractivity contribution < 1.29 is 18.3 Å². The van der Waals surface area contributed by atoms with Crippen LogP contribution in [0.15, 0.2) is 23.1 Å². The van der Waals surface area contributed by atoms with Gasteiger partial charge < -0.3 is 5.11 Å². The van der Waals surface area contributed by atoms with Gasteiger partial charge in [-0.25, -0.2) is 4.98 Å². The molecular formula is C14H13F3N4O2S. The fourth-order valence-corrected chi connectivity index (χ4v) is 3.56. The number of aliphatic hydroxyl groups is 1. The fourth-order valence-electron chi connectivity index (χ4n) is 2.47. The summed E-state index contributed by atoms with van der Waals surface area (Å²) in [6.45, 7) is 3.27. The Morgan fingerprint density at radius 1 is 1.42 bits per heavy atom. The van der Waals surface area contributed by atoms with E-state index in [9.17, 15) is 23.1 Å². The zero-order chi connectivity index (χ0) is 17.6. The number of fused-ring (bicyclic) bond motifs is 1. The predicted octanol–water partition coefficient (Wildman–Crippen LogP) is 2.38. The number of alkyl halides is 3. The van der Waals surface area contributed by atoms with E-state index in [-0.39, 0.29) is 6.54 Å². The van der Waals surface area contributed by atoms with Crippen molar-refractivity contribution in [3.8, 4) is 0 Å². The summed E-state index contributed by atoms with van der Waals surface area (Å²) in [6, 6.07) is 2.10. The van der Waals surface area contributed by atoms with Crippen LogP contribution in [0.25, 0.3) is 4.96 Å². The molecule has 1 atom stereocenters. The molecule has 0 saturated heterocycles. The van der Waals surface area contributed by atoms with Gasteiger partial charge in [0.05, 0.1) is 24.0 Å². The van der Waals surface area contributed by atoms with E-state index in [1.807, 2.05) is 0 Å². The van der Waals surface area contributed by atoms with Crippen LogP contribution < -0.4 is 5.56 Å². The maximum absolute atomic E-state index is 12.6. The normalized spacial score (nSPS) is 13.6. The summed E-state index contributed by atoms with van der Waals surface area (Å²) >= 11 is 1.24. The Morgan fingerprint density at radius 3 is 2.71 bits per heavy atom. The minimum Gasteiger partial charge on any atom is -0.387 e. The van der Waals surface area contributed by atoms with Gasteiger partial charge in [0.1, 0.15) is 0 Å². The van der Waals surface area contributed by atoms with Crippen LogP contribution in [-0.2, 0) is 12.7 Å². The number of nitrogens with zero attached hydrogens (tertiary/aromatic N) is 4. The number of aryl methyl sites for hydroxylation is 1. The third-order valence-electron chi connectivity index (χ3n) is 3.44. The van der Waals surface area contributed by atoms with Crippen LogP contribution >= 0.6 is 11.3 Å². The third-order valence-corrected chi connectivity index (χ3v) is 4.41. The minimum absolute atomic E-state index is 0.0528. The Kier molecular flexibility index (Phi) is 3.96. The second-order valence-electron chi connectivity index (χ2n) is 5.32. The van der Waals surface area contributed by atoms with Gasteiger partial charge >= 0.3 is 6.18 Å². The van der Waals surface area contributed by atoms with Crippen LogP contribution in [0.5, 0.6) is 0 Å². The highest BCUT2D eigenvalue weighted by molar-refractivity contribution is 7.17. The number of hydrogen-bond donors (Lipinski definition) is 1. The summed E-state index contributed by atoms with van der Waals surface area (Å²) < 4.78 is 40.1. The van der Waals surface area contributed by atoms with Gasteiger partial charge in [0, 0.05) is 17.1 Å². The third kappa shape index (κ3) is 2.94. The quantitative estimate of drug-likeness (QED) is 0.780. The lowest BCUT2D eigenvalue weighted by Gasteiger charge is -2.06. The molecule has 1 N–H and O–H groups in total. The monoisotopic (exact) mass is 358 g/mol. The molecule has 0 radical (unpaired) electrons. The largest absolute Gasteiger partial charge is 0.435 e. The fraction of sp³-hybridized carbons (Fsp3) is 0.357. The molecule has 0 spiro atoms. The van der Waals surface area contributed by atoms with E-state index in [1.54, 1.807) is 13.8 Å². The molecule has 0 aliphatic heterocycles. The first kappa shape index (κ1) is 16.7. The van der Waals surface area contributed by atoms with Crippen LogP contribution in [0.2, 0.25) is 0 Å². The van der Waals surface area contributed by atoms with E-state index in [0.29, 0.717) is 16.3 Å². The molecule has 3 aromatic rings. The molecule has 10 heteroatoms. The summed E-state index contributed by atoms with van der Waals surface area (Å²) in [4.78, 5) is 17.7. The molecule has 0 bridgehead atoms. The average molecular weight is 358 g/mol. The van der Waals surface area contributed by atoms with Gasteiger partial charge in [0.25, 0.3) is 5.56 Å². The van der Waals surface area contributed by atoms with Crippen molar-refractivity contribution in [1.29, 1.82) is 0 Å². The van der Waals surface area contributed by atoms with Gasteiger partial charge in [-0.15, -0.1) is 11.3 Å². The van der Waals surface area contributed by atoms with Crippen molar-refractivity contribution >= 4 is 16.3 Å². The van der Waals surface area contributed by atoms with Crippen LogP contribution in [0, 0.1) is 6.92 Å². The van der Waals surface area contributed by atoms with Crippen LogP contribution in [0.1, 0.15) is 35.0 Å². The SMILES string of the molecule is Cc1sc2nc(Cn3ccc(C(F)(F)F)n3)cc(=O)n2c1C(C)O.